The summed E-state index contributed by atoms with van der Waals surface area (Å²) in [5.74, 6) is 0.644. The van der Waals surface area contributed by atoms with E-state index >= 15 is 0 Å². The van der Waals surface area contributed by atoms with Crippen LogP contribution in [-0.2, 0) is 27.3 Å². The number of pyridine rings is 1. The molecule has 0 saturated heterocycles. The Morgan fingerprint density at radius 3 is 2.50 bits per heavy atom. The molecule has 3 atom stereocenters. The highest BCUT2D eigenvalue weighted by molar-refractivity contribution is 5.93. The Labute approximate surface area is 303 Å². The quantitative estimate of drug-likeness (QED) is 0.260. The van der Waals surface area contributed by atoms with Crippen LogP contribution in [0.2, 0.25) is 0 Å². The van der Waals surface area contributed by atoms with E-state index in [0.717, 1.165) is 11.3 Å². The fourth-order valence-electron chi connectivity index (χ4n) is 6.25. The zero-order valence-corrected chi connectivity index (χ0v) is 30.8. The number of carbonyl (C=O) groups excluding carboxylic acids is 4. The van der Waals surface area contributed by atoms with Gasteiger partial charge in [0.25, 0.3) is 5.91 Å². The van der Waals surface area contributed by atoms with Gasteiger partial charge in [-0.25, -0.2) is 14.6 Å². The van der Waals surface area contributed by atoms with Crippen LogP contribution in [0.3, 0.4) is 0 Å². The smallest absolute Gasteiger partial charge is 0.274 e. The van der Waals surface area contributed by atoms with Gasteiger partial charge in [0.05, 0.1) is 20.3 Å². The molecule has 1 aromatic carbocycles. The van der Waals surface area contributed by atoms with Gasteiger partial charge in [-0.15, -0.1) is 0 Å². The molecule has 3 aromatic heterocycles. The number of hydrogen-bond acceptors (Lipinski definition) is 9. The van der Waals surface area contributed by atoms with Gasteiger partial charge < -0.3 is 34.7 Å². The minimum Gasteiger partial charge on any atom is -0.493 e. The number of nitrogens with one attached hydrogen (secondary N) is 3. The van der Waals surface area contributed by atoms with Gasteiger partial charge >= 0.3 is 0 Å². The molecule has 0 radical (unpaired) electrons. The number of aryl methyl sites for hydroxylation is 1. The number of imidazole rings is 1. The third kappa shape index (κ3) is 9.06. The lowest BCUT2D eigenvalue weighted by atomic mass is 9.97. The predicted molar refractivity (Wildman–Crippen MR) is 193 cm³/mol. The lowest BCUT2D eigenvalue weighted by molar-refractivity contribution is -0.130. The molecule has 4 amide bonds. The molecular formula is C37H49N9O6. The van der Waals surface area contributed by atoms with Crippen molar-refractivity contribution in [2.75, 3.05) is 33.9 Å². The average molecular weight is 716 g/mol. The lowest BCUT2D eigenvalue weighted by Gasteiger charge is -2.26. The van der Waals surface area contributed by atoms with Crippen molar-refractivity contribution in [1.82, 2.24) is 45.0 Å². The van der Waals surface area contributed by atoms with E-state index in [1.54, 1.807) is 38.3 Å². The molecule has 0 spiro atoms. The Morgan fingerprint density at radius 1 is 1.00 bits per heavy atom. The first-order valence-electron chi connectivity index (χ1n) is 17.8. The van der Waals surface area contributed by atoms with Crippen molar-refractivity contribution in [3.05, 3.63) is 71.2 Å². The summed E-state index contributed by atoms with van der Waals surface area (Å²) in [5.41, 5.74) is 2.78. The summed E-state index contributed by atoms with van der Waals surface area (Å²) in [5, 5.41) is 13.5. The highest BCUT2D eigenvalue weighted by Crippen LogP contribution is 2.28. The van der Waals surface area contributed by atoms with Crippen molar-refractivity contribution >= 4 is 29.3 Å². The van der Waals surface area contributed by atoms with Gasteiger partial charge in [-0.2, -0.15) is 5.10 Å². The van der Waals surface area contributed by atoms with Crippen LogP contribution in [0.15, 0.2) is 42.6 Å². The van der Waals surface area contributed by atoms with Crippen LogP contribution in [-0.4, -0.2) is 92.6 Å². The number of aromatic nitrogens is 5. The Kier molecular flexibility index (Phi) is 12.5. The molecule has 0 bridgehead atoms. The predicted octanol–water partition coefficient (Wildman–Crippen LogP) is 2.99. The molecule has 15 nitrogen and oxygen atoms in total. The van der Waals surface area contributed by atoms with Crippen LogP contribution in [0.25, 0.3) is 5.65 Å². The summed E-state index contributed by atoms with van der Waals surface area (Å²) in [7, 11) is 3.13. The molecule has 52 heavy (non-hydrogen) atoms. The Morgan fingerprint density at radius 2 is 1.77 bits per heavy atom. The Bertz CT molecular complexity index is 1900. The molecule has 15 heteroatoms. The molecule has 1 aliphatic heterocycles. The van der Waals surface area contributed by atoms with E-state index in [0.29, 0.717) is 79.8 Å². The topological polar surface area (TPSA) is 174 Å². The SMILES string of the molecule is CC[C@H](C)[C@@H]1NC(=O)CCCN(C(=O)c2cn3c(C)cccc3n2)CCCNC(=O)Cn2nc(Cc3ccc(OC)c(OC)c3)nc2[C@@H](C)NC1=O. The molecule has 0 unspecified atom stereocenters. The molecule has 0 fully saturated rings. The van der Waals surface area contributed by atoms with Crippen molar-refractivity contribution in [1.29, 1.82) is 0 Å². The Hall–Kier alpha value is -5.47. The highest BCUT2D eigenvalue weighted by Gasteiger charge is 2.29. The first kappa shape index (κ1) is 37.8. The largest absolute Gasteiger partial charge is 0.493 e. The minimum atomic E-state index is -0.802. The fraction of sp³-hybridized carbons (Fsp3) is 0.486. The summed E-state index contributed by atoms with van der Waals surface area (Å²) in [6.45, 7) is 8.39. The van der Waals surface area contributed by atoms with E-state index in [4.69, 9.17) is 14.5 Å². The number of ether oxygens (including phenoxy) is 2. The van der Waals surface area contributed by atoms with Crippen LogP contribution < -0.4 is 25.4 Å². The molecular weight excluding hydrogens is 666 g/mol. The van der Waals surface area contributed by atoms with Crippen LogP contribution in [0.1, 0.15) is 85.9 Å². The average Bonchev–Trinajstić information content (AvgIpc) is 3.75. The maximum atomic E-state index is 13.7. The summed E-state index contributed by atoms with van der Waals surface area (Å²) in [6, 6.07) is 9.77. The fourth-order valence-corrected chi connectivity index (χ4v) is 6.25. The van der Waals surface area contributed by atoms with E-state index in [2.05, 4.69) is 26.0 Å². The molecule has 1 aliphatic rings. The van der Waals surface area contributed by atoms with Crippen LogP contribution >= 0.6 is 0 Å². The maximum Gasteiger partial charge on any atom is 0.274 e. The second kappa shape index (κ2) is 17.2. The van der Waals surface area contributed by atoms with Gasteiger partial charge in [0, 0.05) is 44.4 Å². The molecule has 0 aliphatic carbocycles. The monoisotopic (exact) mass is 715 g/mol. The molecule has 5 rings (SSSR count). The first-order valence-corrected chi connectivity index (χ1v) is 17.8. The van der Waals surface area contributed by atoms with E-state index in [9.17, 15) is 19.2 Å². The number of carbonyl (C=O) groups is 4. The van der Waals surface area contributed by atoms with Gasteiger partial charge in [0.15, 0.2) is 17.3 Å². The van der Waals surface area contributed by atoms with Gasteiger partial charge in [0.1, 0.15) is 29.8 Å². The summed E-state index contributed by atoms with van der Waals surface area (Å²) in [6.07, 6.45) is 3.69. The highest BCUT2D eigenvalue weighted by atomic mass is 16.5. The van der Waals surface area contributed by atoms with Gasteiger partial charge in [0.2, 0.25) is 17.7 Å². The maximum absolute atomic E-state index is 13.7. The summed E-state index contributed by atoms with van der Waals surface area (Å²) in [4.78, 5) is 64.9. The lowest BCUT2D eigenvalue weighted by Crippen LogP contribution is -2.51. The first-order chi connectivity index (χ1) is 25.0. The standard InChI is InChI=1S/C37H49N9O6/c1-7-23(2)34-36(49)39-25(4)35-41-30(20-26-14-15-28(51-5)29(19-26)52-6)43-46(35)22-33(48)38-16-10-18-44(17-9-13-32(47)42-34)37(50)27-21-45-24(3)11-8-12-31(45)40-27/h8,11-12,14-15,19,21,23,25,34H,7,9-10,13,16-18,20,22H2,1-6H3,(H,38,48)(H,39,49)(H,42,47)/t23-,25+,34-/m0/s1. The molecule has 4 aromatic rings. The van der Waals surface area contributed by atoms with Gasteiger partial charge in [-0.1, -0.05) is 32.4 Å². The molecule has 0 saturated carbocycles. The number of benzene rings is 1. The second-order valence-electron chi connectivity index (χ2n) is 13.2. The number of nitrogens with zero attached hydrogens (tertiary/aromatic N) is 6. The third-order valence-corrected chi connectivity index (χ3v) is 9.37. The van der Waals surface area contributed by atoms with Gasteiger partial charge in [-0.05, 0) is 62.4 Å². The molecule has 278 valence electrons. The van der Waals surface area contributed by atoms with Crippen LogP contribution in [0, 0.1) is 12.8 Å². The third-order valence-electron chi connectivity index (χ3n) is 9.37. The minimum absolute atomic E-state index is 0.119. The number of amides is 4. The normalized spacial score (nSPS) is 18.7. The van der Waals surface area contributed by atoms with Crippen molar-refractivity contribution in [2.45, 2.75) is 78.4 Å². The second-order valence-corrected chi connectivity index (χ2v) is 13.2. The van der Waals surface area contributed by atoms with Crippen molar-refractivity contribution in [3.8, 4) is 11.5 Å². The van der Waals surface area contributed by atoms with Crippen LogP contribution in [0.4, 0.5) is 0 Å². The van der Waals surface area contributed by atoms with Crippen LogP contribution in [0.5, 0.6) is 11.5 Å². The molecule has 4 heterocycles. The Balaban J connectivity index is 1.39. The van der Waals surface area contributed by atoms with E-state index in [1.165, 1.54) is 4.68 Å². The van der Waals surface area contributed by atoms with Crippen molar-refractivity contribution in [2.24, 2.45) is 5.92 Å². The number of fused-ring (bicyclic) bond motifs is 2. The number of rotatable bonds is 7. The summed E-state index contributed by atoms with van der Waals surface area (Å²) < 4.78 is 14.2. The zero-order valence-electron chi connectivity index (χ0n) is 30.8. The molecule has 3 N–H and O–H groups in total. The van der Waals surface area contributed by atoms with E-state index < -0.39 is 12.1 Å². The number of methoxy groups -OCH3 is 2. The van der Waals surface area contributed by atoms with Crippen molar-refractivity contribution < 1.29 is 28.7 Å². The van der Waals surface area contributed by atoms with Gasteiger partial charge in [-0.3, -0.25) is 19.2 Å². The van der Waals surface area contributed by atoms with Crippen molar-refractivity contribution in [3.63, 3.8) is 0 Å². The zero-order chi connectivity index (χ0) is 37.4. The van der Waals surface area contributed by atoms with E-state index in [1.807, 2.05) is 55.5 Å². The number of hydrogen-bond donors (Lipinski definition) is 3. The summed E-state index contributed by atoms with van der Waals surface area (Å²) >= 11 is 0. The van der Waals surface area contributed by atoms with E-state index in [-0.39, 0.29) is 42.5 Å².